The van der Waals surface area contributed by atoms with Crippen molar-refractivity contribution in [1.82, 2.24) is 8.43 Å². The van der Waals surface area contributed by atoms with E-state index < -0.39 is 0 Å². The van der Waals surface area contributed by atoms with Gasteiger partial charge in [-0.2, -0.15) is 4.99 Å². The maximum absolute atomic E-state index is 7.19. The lowest BCUT2D eigenvalue weighted by molar-refractivity contribution is 0.609. The fourth-order valence-corrected chi connectivity index (χ4v) is 0.356. The number of hydrogen-bond donors (Lipinski definition) is 3. The Balaban J connectivity index is 4.00. The molecule has 4 N–H and O–H groups in total. The molecule has 0 aromatic carbocycles. The zero-order valence-electron chi connectivity index (χ0n) is 5.85. The molecule has 58 valence electrons. The van der Waals surface area contributed by atoms with E-state index >= 15 is 0 Å². The van der Waals surface area contributed by atoms with Crippen LogP contribution < -0.4 is 9.26 Å². The highest BCUT2D eigenvalue weighted by molar-refractivity contribution is 14.1. The van der Waals surface area contributed by atoms with Gasteiger partial charge in [0.15, 0.2) is 0 Å². The molecule has 0 amide bonds. The van der Waals surface area contributed by atoms with Gasteiger partial charge in [0.2, 0.25) is 11.9 Å². The predicted molar refractivity (Wildman–Crippen MR) is 50.2 cm³/mol. The van der Waals surface area contributed by atoms with E-state index in [1.807, 2.05) is 22.9 Å². The van der Waals surface area contributed by atoms with Gasteiger partial charge in [0.05, 0.1) is 22.9 Å². The van der Waals surface area contributed by atoms with Crippen molar-refractivity contribution in [1.29, 1.82) is 5.41 Å². The Morgan fingerprint density at radius 2 is 2.20 bits per heavy atom. The summed E-state index contributed by atoms with van der Waals surface area (Å²) in [6.45, 7) is 0. The topological polar surface area (TPSA) is 77.5 Å². The van der Waals surface area contributed by atoms with Crippen molar-refractivity contribution in [3.05, 3.63) is 0 Å². The average molecular weight is 255 g/mol. The lowest BCUT2D eigenvalue weighted by Crippen LogP contribution is -2.28. The summed E-state index contributed by atoms with van der Waals surface area (Å²) in [4.78, 5) is 5.24. The molecule has 0 spiro atoms. The Morgan fingerprint density at radius 1 is 1.70 bits per heavy atom. The highest BCUT2D eigenvalue weighted by atomic mass is 127. The molecule has 0 rings (SSSR count). The Kier molecular flexibility index (Phi) is 4.08. The molecule has 0 heterocycles. The molecule has 0 radical (unpaired) electrons. The molecule has 0 bridgehead atoms. The van der Waals surface area contributed by atoms with E-state index in [-0.39, 0.29) is 11.9 Å². The minimum atomic E-state index is 0.127. The van der Waals surface area contributed by atoms with E-state index in [4.69, 9.17) is 11.1 Å². The Morgan fingerprint density at radius 3 is 2.50 bits per heavy atom. The van der Waals surface area contributed by atoms with Gasteiger partial charge in [-0.1, -0.05) is 0 Å². The number of nitrogens with zero attached hydrogens (tertiary/aromatic N) is 2. The lowest BCUT2D eigenvalue weighted by atomic mass is 10.8. The van der Waals surface area contributed by atoms with Gasteiger partial charge in [-0.25, -0.2) is 0 Å². The van der Waals surface area contributed by atoms with Gasteiger partial charge in [-0.15, -0.1) is 0 Å². The maximum Gasteiger partial charge on any atom is 0.220 e. The smallest absolute Gasteiger partial charge is 0.220 e. The second kappa shape index (κ2) is 4.31. The minimum absolute atomic E-state index is 0.127. The van der Waals surface area contributed by atoms with Crippen molar-refractivity contribution in [3.63, 3.8) is 0 Å². The first-order valence-corrected chi connectivity index (χ1v) is 3.62. The highest BCUT2D eigenvalue weighted by Gasteiger charge is 1.95. The van der Waals surface area contributed by atoms with Crippen LogP contribution in [-0.4, -0.2) is 30.9 Å². The van der Waals surface area contributed by atoms with Crippen LogP contribution in [0, 0.1) is 5.41 Å². The normalized spacial score (nSPS) is 10.9. The largest absolute Gasteiger partial charge is 0.369 e. The molecular formula is C4H10IN5. The third-order valence-corrected chi connectivity index (χ3v) is 1.30. The van der Waals surface area contributed by atoms with Gasteiger partial charge in [0, 0.05) is 14.1 Å². The van der Waals surface area contributed by atoms with Gasteiger partial charge >= 0.3 is 0 Å². The fraction of sp³-hybridized carbons (Fsp3) is 0.500. The van der Waals surface area contributed by atoms with Crippen molar-refractivity contribution in [2.24, 2.45) is 10.7 Å². The van der Waals surface area contributed by atoms with Crippen molar-refractivity contribution < 1.29 is 0 Å². The highest BCUT2D eigenvalue weighted by Crippen LogP contribution is 1.80. The summed E-state index contributed by atoms with van der Waals surface area (Å²) in [5, 5.41) is 7.19. The van der Waals surface area contributed by atoms with E-state index in [1.54, 1.807) is 19.0 Å². The van der Waals surface area contributed by atoms with Crippen LogP contribution in [-0.2, 0) is 0 Å². The molecule has 0 aromatic rings. The van der Waals surface area contributed by atoms with E-state index in [1.165, 1.54) is 0 Å². The summed E-state index contributed by atoms with van der Waals surface area (Å²) in [7, 11) is 3.46. The van der Waals surface area contributed by atoms with Gasteiger partial charge in [0.25, 0.3) is 0 Å². The molecule has 0 aliphatic rings. The van der Waals surface area contributed by atoms with Crippen LogP contribution in [0.2, 0.25) is 0 Å². The Bertz CT molecular complexity index is 152. The molecule has 6 heteroatoms. The van der Waals surface area contributed by atoms with Crippen molar-refractivity contribution in [2.75, 3.05) is 14.1 Å². The number of nitrogens with two attached hydrogens (primary N) is 1. The molecule has 0 aliphatic heterocycles. The average Bonchev–Trinajstić information content (AvgIpc) is 1.87. The van der Waals surface area contributed by atoms with Crippen molar-refractivity contribution >= 4 is 34.8 Å². The van der Waals surface area contributed by atoms with E-state index in [9.17, 15) is 0 Å². The number of hydrogen-bond acceptors (Lipinski definition) is 1. The van der Waals surface area contributed by atoms with Crippen LogP contribution in [0.3, 0.4) is 0 Å². The monoisotopic (exact) mass is 255 g/mol. The lowest BCUT2D eigenvalue weighted by Gasteiger charge is -2.08. The Hall–Kier alpha value is -0.530. The molecule has 0 saturated heterocycles. The first-order valence-electron chi connectivity index (χ1n) is 2.54. The zero-order chi connectivity index (χ0) is 8.15. The molecule has 0 fully saturated rings. The SMILES string of the molecule is CN(C)C(=N)/N=C(\N)NI. The first kappa shape index (κ1) is 9.47. The summed E-state index contributed by atoms with van der Waals surface area (Å²) >= 11 is 1.85. The van der Waals surface area contributed by atoms with Crippen LogP contribution in [0.4, 0.5) is 0 Å². The van der Waals surface area contributed by atoms with Crippen LogP contribution in [0.25, 0.3) is 0 Å². The molecule has 10 heavy (non-hydrogen) atoms. The van der Waals surface area contributed by atoms with E-state index in [0.717, 1.165) is 0 Å². The Labute approximate surface area is 73.7 Å². The number of aliphatic imine (C=N–C) groups is 1. The number of rotatable bonds is 0. The van der Waals surface area contributed by atoms with Gasteiger partial charge in [-0.05, 0) is 0 Å². The van der Waals surface area contributed by atoms with Gasteiger partial charge in [-0.3, -0.25) is 8.94 Å². The number of halogens is 1. The van der Waals surface area contributed by atoms with Crippen LogP contribution in [0.1, 0.15) is 0 Å². The molecule has 0 aromatic heterocycles. The molecule has 5 nitrogen and oxygen atoms in total. The third-order valence-electron chi connectivity index (χ3n) is 0.747. The van der Waals surface area contributed by atoms with Crippen LogP contribution in [0.5, 0.6) is 0 Å². The standard InChI is InChI=1S/C4H10IN5/c1-10(2)4(7)8-3(6)9-5/h1-2H3,(H4,6,7,8,9). The van der Waals surface area contributed by atoms with E-state index in [2.05, 4.69) is 8.52 Å². The minimum Gasteiger partial charge on any atom is -0.369 e. The summed E-state index contributed by atoms with van der Waals surface area (Å²) in [6.07, 6.45) is 0. The summed E-state index contributed by atoms with van der Waals surface area (Å²) in [5.41, 5.74) is 5.28. The third kappa shape index (κ3) is 3.49. The molecule has 0 atom stereocenters. The van der Waals surface area contributed by atoms with Crippen molar-refractivity contribution in [3.8, 4) is 0 Å². The van der Waals surface area contributed by atoms with Crippen molar-refractivity contribution in [2.45, 2.75) is 0 Å². The quantitative estimate of drug-likeness (QED) is 0.241. The van der Waals surface area contributed by atoms with Gasteiger partial charge < -0.3 is 10.6 Å². The van der Waals surface area contributed by atoms with Crippen LogP contribution >= 0.6 is 22.9 Å². The predicted octanol–water partition coefficient (Wildman–Crippen LogP) is -0.263. The molecular weight excluding hydrogens is 245 g/mol. The summed E-state index contributed by atoms with van der Waals surface area (Å²) in [6, 6.07) is 0. The molecule has 0 saturated carbocycles. The summed E-state index contributed by atoms with van der Waals surface area (Å²) in [5.74, 6) is 0.362. The maximum atomic E-state index is 7.19. The zero-order valence-corrected chi connectivity index (χ0v) is 8.01. The number of nitrogens with one attached hydrogen (secondary N) is 2. The number of guanidine groups is 2. The summed E-state index contributed by atoms with van der Waals surface area (Å²) < 4.78 is 2.58. The van der Waals surface area contributed by atoms with Crippen LogP contribution in [0.15, 0.2) is 4.99 Å². The van der Waals surface area contributed by atoms with E-state index in [0.29, 0.717) is 0 Å². The molecule has 0 aliphatic carbocycles. The van der Waals surface area contributed by atoms with Gasteiger partial charge in [0.1, 0.15) is 0 Å². The first-order chi connectivity index (χ1) is 4.57. The second-order valence-electron chi connectivity index (χ2n) is 1.81. The fourth-order valence-electron chi connectivity index (χ4n) is 0.235. The molecule has 0 unspecified atom stereocenters. The second-order valence-corrected chi connectivity index (χ2v) is 2.35.